The summed E-state index contributed by atoms with van der Waals surface area (Å²) in [5.41, 5.74) is 1.79. The van der Waals surface area contributed by atoms with Crippen molar-refractivity contribution in [2.45, 2.75) is 13.1 Å². The van der Waals surface area contributed by atoms with E-state index in [9.17, 15) is 9.18 Å². The Kier molecular flexibility index (Phi) is 3.87. The van der Waals surface area contributed by atoms with Crippen LogP contribution in [0.1, 0.15) is 16.8 Å². The number of aromatic nitrogens is 1. The summed E-state index contributed by atoms with van der Waals surface area (Å²) in [6.07, 6.45) is 0. The molecule has 0 amide bonds. The van der Waals surface area contributed by atoms with Crippen molar-refractivity contribution in [3.63, 3.8) is 0 Å². The molecule has 6 heteroatoms. The van der Waals surface area contributed by atoms with Gasteiger partial charge in [-0.05, 0) is 23.8 Å². The quantitative estimate of drug-likeness (QED) is 0.882. The van der Waals surface area contributed by atoms with Gasteiger partial charge in [-0.2, -0.15) is 5.26 Å². The maximum atomic E-state index is 13.1. The highest BCUT2D eigenvalue weighted by molar-refractivity contribution is 7.07. The summed E-state index contributed by atoms with van der Waals surface area (Å²) in [4.78, 5) is 13.5. The van der Waals surface area contributed by atoms with Crippen molar-refractivity contribution in [3.05, 3.63) is 55.9 Å². The predicted molar refractivity (Wildman–Crippen MR) is 66.6 cm³/mol. The summed E-state index contributed by atoms with van der Waals surface area (Å²) < 4.78 is 13.1. The Bertz CT molecular complexity index is 641. The number of nitrogens with zero attached hydrogens (tertiary/aromatic N) is 1. The third-order valence-corrected chi connectivity index (χ3v) is 3.02. The second kappa shape index (κ2) is 5.58. The normalized spacial score (nSPS) is 10.2. The van der Waals surface area contributed by atoms with E-state index in [2.05, 4.69) is 10.3 Å². The molecule has 0 aliphatic carbocycles. The van der Waals surface area contributed by atoms with E-state index in [0.717, 1.165) is 17.0 Å². The SMILES string of the molecule is N#Cc1cc(F)cc(CNCc2csc(=O)[nH]2)c1. The molecule has 0 radical (unpaired) electrons. The van der Waals surface area contributed by atoms with Crippen LogP contribution < -0.4 is 10.2 Å². The van der Waals surface area contributed by atoms with Crippen LogP contribution in [0.3, 0.4) is 0 Å². The van der Waals surface area contributed by atoms with Gasteiger partial charge in [0.2, 0.25) is 0 Å². The molecule has 0 unspecified atom stereocenters. The van der Waals surface area contributed by atoms with E-state index in [1.807, 2.05) is 6.07 Å². The Morgan fingerprint density at radius 3 is 2.89 bits per heavy atom. The molecule has 0 bridgehead atoms. The van der Waals surface area contributed by atoms with Crippen LogP contribution in [0.5, 0.6) is 0 Å². The number of hydrogen-bond donors (Lipinski definition) is 2. The van der Waals surface area contributed by atoms with Crippen molar-refractivity contribution >= 4 is 11.3 Å². The van der Waals surface area contributed by atoms with Crippen LogP contribution in [-0.4, -0.2) is 4.98 Å². The lowest BCUT2D eigenvalue weighted by Crippen LogP contribution is -2.14. The van der Waals surface area contributed by atoms with Crippen LogP contribution in [0.25, 0.3) is 0 Å². The minimum atomic E-state index is -0.421. The molecule has 0 atom stereocenters. The zero-order valence-electron chi connectivity index (χ0n) is 9.37. The minimum absolute atomic E-state index is 0.0932. The van der Waals surface area contributed by atoms with Crippen molar-refractivity contribution in [2.75, 3.05) is 0 Å². The molecule has 0 saturated carbocycles. The summed E-state index contributed by atoms with van der Waals surface area (Å²) >= 11 is 1.11. The molecular weight excluding hydrogens is 253 g/mol. The molecule has 18 heavy (non-hydrogen) atoms. The standard InChI is InChI=1S/C12H10FN3OS/c13-10-2-8(4-14)1-9(3-10)5-15-6-11-7-18-12(17)16-11/h1-3,7,15H,5-6H2,(H,16,17). The molecule has 0 spiro atoms. The Morgan fingerprint density at radius 1 is 1.39 bits per heavy atom. The van der Waals surface area contributed by atoms with Gasteiger partial charge in [-0.1, -0.05) is 11.3 Å². The van der Waals surface area contributed by atoms with Gasteiger partial charge in [0.25, 0.3) is 0 Å². The zero-order valence-corrected chi connectivity index (χ0v) is 10.2. The van der Waals surface area contributed by atoms with Gasteiger partial charge in [0, 0.05) is 24.2 Å². The predicted octanol–water partition coefficient (Wildman–Crippen LogP) is 1.74. The van der Waals surface area contributed by atoms with Gasteiger partial charge in [-0.3, -0.25) is 4.79 Å². The first-order chi connectivity index (χ1) is 8.67. The van der Waals surface area contributed by atoms with E-state index in [0.29, 0.717) is 24.2 Å². The van der Waals surface area contributed by atoms with Gasteiger partial charge in [-0.15, -0.1) is 0 Å². The van der Waals surface area contributed by atoms with Crippen LogP contribution in [0.4, 0.5) is 4.39 Å². The highest BCUT2D eigenvalue weighted by atomic mass is 32.1. The molecular formula is C12H10FN3OS. The van der Waals surface area contributed by atoms with Gasteiger partial charge in [-0.25, -0.2) is 4.39 Å². The maximum absolute atomic E-state index is 13.1. The number of thiazole rings is 1. The van der Waals surface area contributed by atoms with Crippen LogP contribution in [0, 0.1) is 17.1 Å². The Morgan fingerprint density at radius 2 is 2.22 bits per heavy atom. The van der Waals surface area contributed by atoms with Crippen molar-refractivity contribution in [1.29, 1.82) is 5.26 Å². The topological polar surface area (TPSA) is 68.7 Å². The van der Waals surface area contributed by atoms with Crippen LogP contribution >= 0.6 is 11.3 Å². The third-order valence-electron chi connectivity index (χ3n) is 2.30. The van der Waals surface area contributed by atoms with Gasteiger partial charge in [0.05, 0.1) is 11.6 Å². The number of nitrogens with one attached hydrogen (secondary N) is 2. The number of nitriles is 1. The second-order valence-electron chi connectivity index (χ2n) is 3.74. The van der Waals surface area contributed by atoms with E-state index in [4.69, 9.17) is 5.26 Å². The molecule has 2 aromatic rings. The van der Waals surface area contributed by atoms with E-state index >= 15 is 0 Å². The van der Waals surface area contributed by atoms with Gasteiger partial charge in [0.1, 0.15) is 5.82 Å². The van der Waals surface area contributed by atoms with E-state index in [1.54, 1.807) is 11.4 Å². The first-order valence-electron chi connectivity index (χ1n) is 5.24. The fourth-order valence-corrected chi connectivity index (χ4v) is 2.14. The Labute approximate surface area is 107 Å². The number of benzene rings is 1. The number of aromatic amines is 1. The minimum Gasteiger partial charge on any atom is -0.315 e. The van der Waals surface area contributed by atoms with Crippen LogP contribution in [0.15, 0.2) is 28.4 Å². The Hall–Kier alpha value is -1.97. The van der Waals surface area contributed by atoms with E-state index < -0.39 is 5.82 Å². The van der Waals surface area contributed by atoms with Crippen LogP contribution in [-0.2, 0) is 13.1 Å². The van der Waals surface area contributed by atoms with Gasteiger partial charge < -0.3 is 10.3 Å². The summed E-state index contributed by atoms with van der Waals surface area (Å²) in [7, 11) is 0. The molecule has 1 aromatic heterocycles. The van der Waals surface area contributed by atoms with E-state index in [-0.39, 0.29) is 4.87 Å². The average molecular weight is 263 g/mol. The molecule has 4 nitrogen and oxygen atoms in total. The van der Waals surface area contributed by atoms with Crippen molar-refractivity contribution in [3.8, 4) is 6.07 Å². The van der Waals surface area contributed by atoms with Crippen molar-refractivity contribution < 1.29 is 4.39 Å². The van der Waals surface area contributed by atoms with Crippen molar-refractivity contribution in [2.24, 2.45) is 0 Å². The molecule has 2 N–H and O–H groups in total. The summed E-state index contributed by atoms with van der Waals surface area (Å²) in [6, 6.07) is 6.11. The average Bonchev–Trinajstić information content (AvgIpc) is 2.74. The van der Waals surface area contributed by atoms with Crippen molar-refractivity contribution in [1.82, 2.24) is 10.3 Å². The summed E-state index contributed by atoms with van der Waals surface area (Å²) in [5, 5.41) is 13.5. The van der Waals surface area contributed by atoms with Gasteiger partial charge >= 0.3 is 4.87 Å². The number of halogens is 1. The highest BCUT2D eigenvalue weighted by Crippen LogP contribution is 2.08. The molecule has 1 heterocycles. The summed E-state index contributed by atoms with van der Waals surface area (Å²) in [6.45, 7) is 0.932. The molecule has 92 valence electrons. The molecule has 2 rings (SSSR count). The molecule has 0 saturated heterocycles. The molecule has 0 aliphatic rings. The smallest absolute Gasteiger partial charge is 0.304 e. The number of hydrogen-bond acceptors (Lipinski definition) is 4. The third kappa shape index (κ3) is 3.26. The lowest BCUT2D eigenvalue weighted by Gasteiger charge is -2.04. The number of H-pyrrole nitrogens is 1. The lowest BCUT2D eigenvalue weighted by molar-refractivity contribution is 0.619. The maximum Gasteiger partial charge on any atom is 0.304 e. The number of rotatable bonds is 4. The molecule has 0 aliphatic heterocycles. The lowest BCUT2D eigenvalue weighted by atomic mass is 10.1. The first-order valence-corrected chi connectivity index (χ1v) is 6.12. The van der Waals surface area contributed by atoms with Gasteiger partial charge in [0.15, 0.2) is 0 Å². The fraction of sp³-hybridized carbons (Fsp3) is 0.167. The largest absolute Gasteiger partial charge is 0.315 e. The second-order valence-corrected chi connectivity index (χ2v) is 4.58. The monoisotopic (exact) mass is 263 g/mol. The molecule has 0 fully saturated rings. The fourth-order valence-electron chi connectivity index (χ4n) is 1.56. The highest BCUT2D eigenvalue weighted by Gasteiger charge is 2.01. The Balaban J connectivity index is 1.96. The summed E-state index contributed by atoms with van der Waals surface area (Å²) in [5.74, 6) is -0.421. The van der Waals surface area contributed by atoms with E-state index in [1.165, 1.54) is 12.1 Å². The first kappa shape index (κ1) is 12.5. The van der Waals surface area contributed by atoms with Crippen LogP contribution in [0.2, 0.25) is 0 Å². The zero-order chi connectivity index (χ0) is 13.0. The molecule has 1 aromatic carbocycles.